The Bertz CT molecular complexity index is 1850. The Labute approximate surface area is 243 Å². The van der Waals surface area contributed by atoms with Gasteiger partial charge < -0.3 is 19.5 Å². The van der Waals surface area contributed by atoms with Crippen molar-refractivity contribution in [3.63, 3.8) is 0 Å². The summed E-state index contributed by atoms with van der Waals surface area (Å²) in [5.74, 6) is 1.34. The van der Waals surface area contributed by atoms with Gasteiger partial charge >= 0.3 is 0 Å². The van der Waals surface area contributed by atoms with Gasteiger partial charge in [0.1, 0.15) is 28.9 Å². The summed E-state index contributed by atoms with van der Waals surface area (Å²) in [6.45, 7) is 10.4. The molecule has 0 saturated carbocycles. The number of likely N-dealkylation sites (tertiary alicyclic amines) is 1. The van der Waals surface area contributed by atoms with Crippen LogP contribution < -0.4 is 10.1 Å². The number of nitrogens with one attached hydrogen (secondary N) is 1. The van der Waals surface area contributed by atoms with Crippen molar-refractivity contribution in [3.05, 3.63) is 84.8 Å². The van der Waals surface area contributed by atoms with Gasteiger partial charge in [0.05, 0.1) is 17.4 Å². The maximum Gasteiger partial charge on any atom is 0.246 e. The molecular formula is C32H32FN7O2. The van der Waals surface area contributed by atoms with Crippen molar-refractivity contribution in [1.29, 1.82) is 0 Å². The van der Waals surface area contributed by atoms with Crippen molar-refractivity contribution in [2.45, 2.75) is 45.1 Å². The standard InChI is InChI=1S/C32H32FN7O2/c1-6-28(41)40-12-11-20(16-32(40,3)4)24-8-9-25-29(38-24)31(35-17-34-25)37-21-7-10-27(19(2)13-21)42-22-14-23(33)30-26(15-22)36-18-39(30)5/h6-10,13-15,17-18,20H,1,11-12,16H2,2-5H3,(H,34,35,37). The number of carbonyl (C=O) groups is 1. The molecule has 0 radical (unpaired) electrons. The van der Waals surface area contributed by atoms with E-state index < -0.39 is 0 Å². The molecule has 1 saturated heterocycles. The molecular weight excluding hydrogens is 533 g/mol. The molecule has 6 rings (SSSR count). The number of benzene rings is 2. The summed E-state index contributed by atoms with van der Waals surface area (Å²) in [7, 11) is 1.75. The van der Waals surface area contributed by atoms with E-state index in [1.54, 1.807) is 24.0 Å². The van der Waals surface area contributed by atoms with Crippen LogP contribution in [0.3, 0.4) is 0 Å². The summed E-state index contributed by atoms with van der Waals surface area (Å²) in [5, 5.41) is 3.38. The Kier molecular flexibility index (Phi) is 6.84. The molecule has 1 atom stereocenters. The van der Waals surface area contributed by atoms with Crippen LogP contribution in [0.25, 0.3) is 22.1 Å². The highest BCUT2D eigenvalue weighted by Gasteiger charge is 2.37. The number of imidazole rings is 1. The van der Waals surface area contributed by atoms with Crippen molar-refractivity contribution in [1.82, 2.24) is 29.4 Å². The summed E-state index contributed by atoms with van der Waals surface area (Å²) in [6, 6.07) is 12.7. The lowest BCUT2D eigenvalue weighted by Crippen LogP contribution is -2.51. The molecule has 1 fully saturated rings. The lowest BCUT2D eigenvalue weighted by Gasteiger charge is -2.45. The van der Waals surface area contributed by atoms with Crippen LogP contribution >= 0.6 is 0 Å². The van der Waals surface area contributed by atoms with Gasteiger partial charge in [0, 0.05) is 48.6 Å². The molecule has 4 heterocycles. The Balaban J connectivity index is 1.23. The number of fused-ring (bicyclic) bond motifs is 2. The molecule has 1 amide bonds. The molecule has 1 aliphatic heterocycles. The minimum Gasteiger partial charge on any atom is -0.457 e. The zero-order chi connectivity index (χ0) is 29.6. The number of carbonyl (C=O) groups excluding carboxylic acids is 1. The van der Waals surface area contributed by atoms with E-state index in [-0.39, 0.29) is 23.2 Å². The number of piperidine rings is 1. The fraction of sp³-hybridized carbons (Fsp3) is 0.281. The first kappa shape index (κ1) is 27.3. The fourth-order valence-electron chi connectivity index (χ4n) is 5.83. The van der Waals surface area contributed by atoms with Crippen LogP contribution in [0.1, 0.15) is 43.9 Å². The number of nitrogens with zero attached hydrogens (tertiary/aromatic N) is 6. The average molecular weight is 566 g/mol. The Morgan fingerprint density at radius 2 is 1.98 bits per heavy atom. The number of hydrogen-bond donors (Lipinski definition) is 1. The van der Waals surface area contributed by atoms with Gasteiger partial charge in [-0.3, -0.25) is 4.79 Å². The van der Waals surface area contributed by atoms with Gasteiger partial charge in [0.25, 0.3) is 0 Å². The highest BCUT2D eigenvalue weighted by molar-refractivity contribution is 5.88. The predicted molar refractivity (Wildman–Crippen MR) is 161 cm³/mol. The summed E-state index contributed by atoms with van der Waals surface area (Å²) < 4.78 is 22.3. The summed E-state index contributed by atoms with van der Waals surface area (Å²) in [4.78, 5) is 32.4. The van der Waals surface area contributed by atoms with E-state index in [1.165, 1.54) is 18.5 Å². The van der Waals surface area contributed by atoms with E-state index in [0.29, 0.717) is 40.4 Å². The molecule has 0 bridgehead atoms. The molecule has 1 unspecified atom stereocenters. The van der Waals surface area contributed by atoms with Gasteiger partial charge in [0.15, 0.2) is 11.6 Å². The number of pyridine rings is 1. The quantitative estimate of drug-likeness (QED) is 0.233. The van der Waals surface area contributed by atoms with Crippen LogP contribution in [0.15, 0.2) is 67.8 Å². The third kappa shape index (κ3) is 5.04. The molecule has 10 heteroatoms. The van der Waals surface area contributed by atoms with E-state index >= 15 is 0 Å². The molecule has 3 aromatic heterocycles. The van der Waals surface area contributed by atoms with Gasteiger partial charge in [-0.15, -0.1) is 0 Å². The molecule has 1 N–H and O–H groups in total. The first-order valence-electron chi connectivity index (χ1n) is 13.8. The lowest BCUT2D eigenvalue weighted by atomic mass is 9.80. The molecule has 0 aliphatic carbocycles. The molecule has 214 valence electrons. The van der Waals surface area contributed by atoms with Gasteiger partial charge in [-0.25, -0.2) is 24.3 Å². The molecule has 2 aromatic carbocycles. The molecule has 42 heavy (non-hydrogen) atoms. The Morgan fingerprint density at radius 1 is 1.14 bits per heavy atom. The third-order valence-corrected chi connectivity index (χ3v) is 7.95. The second-order valence-corrected chi connectivity index (χ2v) is 11.4. The van der Waals surface area contributed by atoms with Crippen LogP contribution in [-0.4, -0.2) is 47.4 Å². The summed E-state index contributed by atoms with van der Waals surface area (Å²) in [5.41, 5.74) is 4.68. The van der Waals surface area contributed by atoms with Crippen LogP contribution in [0.5, 0.6) is 11.5 Å². The number of amides is 1. The first-order valence-corrected chi connectivity index (χ1v) is 13.8. The first-order chi connectivity index (χ1) is 20.1. The van der Waals surface area contributed by atoms with E-state index in [2.05, 4.69) is 40.7 Å². The number of hydrogen-bond acceptors (Lipinski definition) is 7. The number of rotatable bonds is 6. The van der Waals surface area contributed by atoms with E-state index in [4.69, 9.17) is 9.72 Å². The number of aryl methyl sites for hydroxylation is 2. The topological polar surface area (TPSA) is 98.1 Å². The van der Waals surface area contributed by atoms with Crippen molar-refractivity contribution in [3.8, 4) is 11.5 Å². The Hall–Kier alpha value is -4.86. The van der Waals surface area contributed by atoms with Gasteiger partial charge in [0.2, 0.25) is 5.91 Å². The predicted octanol–water partition coefficient (Wildman–Crippen LogP) is 6.57. The van der Waals surface area contributed by atoms with E-state index in [9.17, 15) is 9.18 Å². The van der Waals surface area contributed by atoms with Crippen LogP contribution in [-0.2, 0) is 11.8 Å². The number of ether oxygens (including phenoxy) is 1. The monoisotopic (exact) mass is 565 g/mol. The SMILES string of the molecule is C=CC(=O)N1CCC(c2ccc3ncnc(Nc4ccc(Oc5cc(F)c6c(c5)ncn6C)c(C)c4)c3n2)CC1(C)C. The van der Waals surface area contributed by atoms with Gasteiger partial charge in [-0.2, -0.15) is 0 Å². The second kappa shape index (κ2) is 10.5. The zero-order valence-corrected chi connectivity index (χ0v) is 24.1. The second-order valence-electron chi connectivity index (χ2n) is 11.4. The molecule has 1 aliphatic rings. The zero-order valence-electron chi connectivity index (χ0n) is 24.1. The fourth-order valence-corrected chi connectivity index (χ4v) is 5.83. The van der Waals surface area contributed by atoms with E-state index in [0.717, 1.165) is 35.3 Å². The van der Waals surface area contributed by atoms with Crippen LogP contribution in [0.2, 0.25) is 0 Å². The summed E-state index contributed by atoms with van der Waals surface area (Å²) >= 11 is 0. The van der Waals surface area contributed by atoms with Crippen molar-refractivity contribution < 1.29 is 13.9 Å². The van der Waals surface area contributed by atoms with Crippen molar-refractivity contribution in [2.75, 3.05) is 11.9 Å². The maximum absolute atomic E-state index is 14.6. The van der Waals surface area contributed by atoms with Crippen LogP contribution in [0, 0.1) is 12.7 Å². The van der Waals surface area contributed by atoms with Gasteiger partial charge in [-0.05, 0) is 75.6 Å². The maximum atomic E-state index is 14.6. The number of anilines is 2. The highest BCUT2D eigenvalue weighted by Crippen LogP contribution is 2.38. The number of halogens is 1. The minimum atomic E-state index is -0.389. The van der Waals surface area contributed by atoms with Crippen LogP contribution in [0.4, 0.5) is 15.9 Å². The smallest absolute Gasteiger partial charge is 0.246 e. The highest BCUT2D eigenvalue weighted by atomic mass is 19.1. The van der Waals surface area contributed by atoms with Crippen molar-refractivity contribution >= 4 is 39.5 Å². The molecule has 5 aromatic rings. The minimum absolute atomic E-state index is 0.0436. The van der Waals surface area contributed by atoms with E-state index in [1.807, 2.05) is 42.2 Å². The largest absolute Gasteiger partial charge is 0.457 e. The number of aromatic nitrogens is 5. The average Bonchev–Trinajstić information content (AvgIpc) is 3.34. The Morgan fingerprint density at radius 3 is 2.74 bits per heavy atom. The normalized spacial score (nSPS) is 16.5. The lowest BCUT2D eigenvalue weighted by molar-refractivity contribution is -0.133. The van der Waals surface area contributed by atoms with Gasteiger partial charge in [-0.1, -0.05) is 6.58 Å². The summed E-state index contributed by atoms with van der Waals surface area (Å²) in [6.07, 6.45) is 6.08. The van der Waals surface area contributed by atoms with Crippen molar-refractivity contribution in [2.24, 2.45) is 7.05 Å². The third-order valence-electron chi connectivity index (χ3n) is 7.95. The molecule has 9 nitrogen and oxygen atoms in total. The molecule has 0 spiro atoms.